The van der Waals surface area contributed by atoms with E-state index in [1.807, 2.05) is 139 Å². The number of nitrogens with zero attached hydrogens (tertiary/aromatic N) is 10. The first-order chi connectivity index (χ1) is 44.7. The molecule has 468 valence electrons. The predicted molar refractivity (Wildman–Crippen MR) is 371 cm³/mol. The summed E-state index contributed by atoms with van der Waals surface area (Å²) >= 11 is 9.80. The molecule has 18 nitrogen and oxygen atoms in total. The van der Waals surface area contributed by atoms with Crippen LogP contribution >= 0.6 is 46.9 Å². The molecule has 8 unspecified atom stereocenters. The molecule has 6 aromatic carbocycles. The molecule has 13 rings (SSSR count). The number of amidine groups is 6. The van der Waals surface area contributed by atoms with Gasteiger partial charge in [-0.25, -0.2) is 29.7 Å². The molecule has 2 N–H and O–H groups in total. The third-order valence-electron chi connectivity index (χ3n) is 17.3. The molecule has 8 atom stereocenters. The lowest BCUT2D eigenvalue weighted by molar-refractivity contribution is -0.125. The number of nitrogens with one attached hydrogen (secondary N) is 2. The van der Waals surface area contributed by atoms with Crippen LogP contribution in [-0.2, 0) is 35.2 Å². The van der Waals surface area contributed by atoms with E-state index >= 15 is 9.59 Å². The average Bonchev–Trinajstić information content (AvgIpc) is 1.62. The van der Waals surface area contributed by atoms with Gasteiger partial charge in [-0.1, -0.05) is 147 Å². The largest absolute Gasteiger partial charge is 0.325 e. The number of thioether (sulfide) groups is 3. The summed E-state index contributed by atoms with van der Waals surface area (Å²) < 4.78 is 0. The van der Waals surface area contributed by atoms with Crippen molar-refractivity contribution in [2.24, 2.45) is 41.8 Å². The number of rotatable bonds is 20. The van der Waals surface area contributed by atoms with E-state index in [-0.39, 0.29) is 47.3 Å². The smallest absolute Gasteiger partial charge is 0.259 e. The Morgan fingerprint density at radius 3 is 1.52 bits per heavy atom. The monoisotopic (exact) mass is 1300 g/mol. The highest BCUT2D eigenvalue weighted by Crippen LogP contribution is 2.42. The summed E-state index contributed by atoms with van der Waals surface area (Å²) in [5.41, 5.74) is 7.34. The number of carbonyl (C=O) groups excluding carboxylic acids is 6. The minimum atomic E-state index is -0.785. The first-order valence-corrected chi connectivity index (χ1v) is 34.3. The van der Waals surface area contributed by atoms with Gasteiger partial charge in [-0.3, -0.25) is 43.7 Å². The van der Waals surface area contributed by atoms with Gasteiger partial charge < -0.3 is 15.5 Å². The van der Waals surface area contributed by atoms with Gasteiger partial charge in [0.2, 0.25) is 17.7 Å². The normalized spacial score (nSPS) is 19.9. The van der Waals surface area contributed by atoms with Crippen molar-refractivity contribution in [2.75, 3.05) is 22.1 Å². The summed E-state index contributed by atoms with van der Waals surface area (Å²) in [6.45, 7) is 8.43. The molecular formula is C70H67ClN12O6S3. The highest BCUT2D eigenvalue weighted by molar-refractivity contribution is 8.15. The van der Waals surface area contributed by atoms with Crippen LogP contribution < -0.4 is 15.5 Å². The molecule has 7 heterocycles. The molecule has 7 aliphatic heterocycles. The molecule has 6 aromatic rings. The maximum absolute atomic E-state index is 15.3. The topological polar surface area (TPSA) is 214 Å². The van der Waals surface area contributed by atoms with Crippen molar-refractivity contribution < 1.29 is 28.8 Å². The predicted octanol–water partition coefficient (Wildman–Crippen LogP) is 13.2. The van der Waals surface area contributed by atoms with Gasteiger partial charge >= 0.3 is 0 Å². The fourth-order valence-corrected chi connectivity index (χ4v) is 15.8. The van der Waals surface area contributed by atoms with E-state index < -0.39 is 33.9 Å². The van der Waals surface area contributed by atoms with Crippen LogP contribution in [0.15, 0.2) is 182 Å². The summed E-state index contributed by atoms with van der Waals surface area (Å²) in [5.74, 6) is 0.0363. The van der Waals surface area contributed by atoms with E-state index in [1.54, 1.807) is 45.9 Å². The Bertz CT molecular complexity index is 4140. The Morgan fingerprint density at radius 1 is 0.522 bits per heavy atom. The van der Waals surface area contributed by atoms with Crippen molar-refractivity contribution in [3.8, 4) is 0 Å². The quantitative estimate of drug-likeness (QED) is 0.0743. The Hall–Kier alpha value is -8.50. The van der Waals surface area contributed by atoms with Crippen LogP contribution in [0.25, 0.3) is 0 Å². The molecule has 0 saturated carbocycles. The fourth-order valence-electron chi connectivity index (χ4n) is 12.5. The first-order valence-electron chi connectivity index (χ1n) is 31.3. The van der Waals surface area contributed by atoms with Gasteiger partial charge in [0.1, 0.15) is 35.6 Å². The van der Waals surface area contributed by atoms with Gasteiger partial charge in [0.25, 0.3) is 17.7 Å². The van der Waals surface area contributed by atoms with E-state index in [0.29, 0.717) is 130 Å². The maximum Gasteiger partial charge on any atom is 0.259 e. The van der Waals surface area contributed by atoms with Crippen molar-refractivity contribution >= 4 is 149 Å². The molecule has 7 aliphatic rings. The van der Waals surface area contributed by atoms with E-state index in [2.05, 4.69) is 24.5 Å². The van der Waals surface area contributed by atoms with Gasteiger partial charge in [0.05, 0.1) is 32.8 Å². The summed E-state index contributed by atoms with van der Waals surface area (Å²) in [7, 11) is 0. The van der Waals surface area contributed by atoms with Crippen LogP contribution in [0.4, 0.5) is 34.1 Å². The van der Waals surface area contributed by atoms with Gasteiger partial charge in [-0.05, 0) is 155 Å². The van der Waals surface area contributed by atoms with Crippen molar-refractivity contribution in [1.29, 1.82) is 0 Å². The Kier molecular flexibility index (Phi) is 18.3. The first kappa shape index (κ1) is 62.3. The zero-order valence-electron chi connectivity index (χ0n) is 51.1. The third kappa shape index (κ3) is 12.8. The molecule has 0 spiro atoms. The van der Waals surface area contributed by atoms with Crippen molar-refractivity contribution in [2.45, 2.75) is 119 Å². The van der Waals surface area contributed by atoms with Crippen molar-refractivity contribution in [3.05, 3.63) is 179 Å². The molecule has 0 aliphatic carbocycles. The summed E-state index contributed by atoms with van der Waals surface area (Å²) in [6.07, 6.45) is 4.67. The number of anilines is 3. The zero-order chi connectivity index (χ0) is 63.7. The molecule has 92 heavy (non-hydrogen) atoms. The van der Waals surface area contributed by atoms with Crippen LogP contribution in [0.2, 0.25) is 5.02 Å². The molecule has 22 heteroatoms. The number of halogens is 1. The fraction of sp³-hybridized carbons (Fsp3) is 0.314. The van der Waals surface area contributed by atoms with Gasteiger partial charge in [-0.15, -0.1) is 0 Å². The number of aliphatic imine (C=N–C) groups is 6. The molecule has 0 bridgehead atoms. The zero-order valence-corrected chi connectivity index (χ0v) is 54.4. The second-order valence-corrected chi connectivity index (χ2v) is 28.1. The molecule has 0 saturated heterocycles. The Balaban J connectivity index is 0.717. The summed E-state index contributed by atoms with van der Waals surface area (Å²) in [6, 6.07) is 44.7. The minimum absolute atomic E-state index is 0.101. The van der Waals surface area contributed by atoms with Crippen LogP contribution in [0.3, 0.4) is 0 Å². The molecule has 0 aromatic heterocycles. The van der Waals surface area contributed by atoms with Crippen molar-refractivity contribution in [1.82, 2.24) is 14.7 Å². The number of fused-ring (bicyclic) bond motifs is 10. The molecule has 0 radical (unpaired) electrons. The van der Waals surface area contributed by atoms with E-state index in [4.69, 9.17) is 41.6 Å². The number of benzene rings is 6. The van der Waals surface area contributed by atoms with Crippen LogP contribution in [0.1, 0.15) is 101 Å². The number of hydrogen-bond donors (Lipinski definition) is 2. The van der Waals surface area contributed by atoms with Gasteiger partial charge in [-0.2, -0.15) is 0 Å². The lowest BCUT2D eigenvalue weighted by Crippen LogP contribution is -2.44. The Labute approximate surface area is 551 Å². The molecule has 0 fully saturated rings. The number of para-hydroxylation sites is 5. The molecular weight excluding hydrogens is 1240 g/mol. The number of amides is 6. The second-order valence-electron chi connectivity index (χ2n) is 24.0. The Morgan fingerprint density at radius 2 is 0.967 bits per heavy atom. The van der Waals surface area contributed by atoms with E-state index in [1.165, 1.54) is 35.3 Å². The van der Waals surface area contributed by atoms with Crippen LogP contribution in [0, 0.1) is 11.8 Å². The number of carbonyl (C=O) groups is 6. The van der Waals surface area contributed by atoms with Crippen molar-refractivity contribution in [3.63, 3.8) is 0 Å². The van der Waals surface area contributed by atoms with E-state index in [9.17, 15) is 19.2 Å². The summed E-state index contributed by atoms with van der Waals surface area (Å²) in [5, 5.41) is 5.69. The highest BCUT2D eigenvalue weighted by Gasteiger charge is 2.47. The van der Waals surface area contributed by atoms with Gasteiger partial charge in [0.15, 0.2) is 15.5 Å². The minimum Gasteiger partial charge on any atom is -0.325 e. The average molecular weight is 1300 g/mol. The lowest BCUT2D eigenvalue weighted by atomic mass is 9.95. The lowest BCUT2D eigenvalue weighted by Gasteiger charge is -2.30. The SMILES string of the molecule is CCCC1N=C2c3ccccc3N=C(SC(CCC(C)CC3N=C4c5ccccc5N=C(SC(CCC(C)CC5N=C6c7ccccc7N=C(SC(C)C(=O)Nc7ccc(Cl)cc7)N6C5=O)C(=O)N5CCc6ccccc65)N4C3=O)C(=O)Nc3ccccc3)N2C1=O. The number of hydrogen-bond acceptors (Lipinski definition) is 15. The molecule has 6 amide bonds. The standard InChI is InChI=1S/C70H67ClN12O6S3/c1-5-17-53-64(86)81-59(74-53)47-21-10-14-25-51(47)78-69(81)91-57(63(85)73-45-19-7-6-8-20-45)34-28-40(2)38-55-66(88)83-61(76-55)49-23-12-15-26-52(49)79-70(83)92-58(67(89)80-37-36-43-18-9-16-27-56(43)80)35-29-41(3)39-54-65(87)82-60(75-54)48-22-11-13-24-50(48)77-68(82)90-42(4)62(84)72-46-32-30-44(71)31-33-46/h6-16,18-27,30-33,40-42,53-55,57-58H,5,17,28-29,34-39H2,1-4H3,(H,72,84)(H,73,85). The maximum atomic E-state index is 15.3. The third-order valence-corrected chi connectivity index (χ3v) is 21.1. The van der Waals surface area contributed by atoms with E-state index in [0.717, 1.165) is 28.8 Å². The highest BCUT2D eigenvalue weighted by atomic mass is 35.5. The second kappa shape index (κ2) is 27.0. The van der Waals surface area contributed by atoms with Gasteiger partial charge in [0, 0.05) is 45.3 Å². The van der Waals surface area contributed by atoms with Crippen LogP contribution in [0.5, 0.6) is 0 Å². The summed E-state index contributed by atoms with van der Waals surface area (Å²) in [4.78, 5) is 124. The van der Waals surface area contributed by atoms with Crippen LogP contribution in [-0.4, -0.2) is 124 Å².